The zero-order valence-electron chi connectivity index (χ0n) is 21.1. The molecule has 1 saturated carbocycles. The van der Waals surface area contributed by atoms with Gasteiger partial charge in [-0.2, -0.15) is 0 Å². The summed E-state index contributed by atoms with van der Waals surface area (Å²) in [6.07, 6.45) is 9.08. The van der Waals surface area contributed by atoms with Crippen molar-refractivity contribution >= 4 is 22.4 Å². The van der Waals surface area contributed by atoms with E-state index < -0.39 is 0 Å². The first-order chi connectivity index (χ1) is 17.6. The molecule has 6 heteroatoms. The largest absolute Gasteiger partial charge is 0.382 e. The number of benzene rings is 2. The zero-order valence-corrected chi connectivity index (χ0v) is 21.1. The monoisotopic (exact) mass is 478 g/mol. The van der Waals surface area contributed by atoms with Crippen LogP contribution in [0.4, 0.5) is 0 Å². The van der Waals surface area contributed by atoms with Gasteiger partial charge in [0.1, 0.15) is 17.7 Å². The van der Waals surface area contributed by atoms with E-state index in [0.717, 1.165) is 45.0 Å². The van der Waals surface area contributed by atoms with Gasteiger partial charge in [0.15, 0.2) is 0 Å². The normalized spacial score (nSPS) is 23.7. The topological polar surface area (TPSA) is 69.8 Å². The second-order valence-corrected chi connectivity index (χ2v) is 10.5. The molecule has 2 aromatic carbocycles. The van der Waals surface area contributed by atoms with Gasteiger partial charge in [-0.3, -0.25) is 0 Å². The molecular formula is C30H34N6. The van der Waals surface area contributed by atoms with E-state index in [0.29, 0.717) is 11.8 Å². The van der Waals surface area contributed by atoms with Gasteiger partial charge >= 0.3 is 0 Å². The molecule has 3 heterocycles. The van der Waals surface area contributed by atoms with Gasteiger partial charge < -0.3 is 20.9 Å². The Hall–Kier alpha value is -3.64. The van der Waals surface area contributed by atoms with Gasteiger partial charge in [-0.15, -0.1) is 0 Å². The smallest absolute Gasteiger partial charge is 0.149 e. The van der Waals surface area contributed by atoms with Gasteiger partial charge in [0.2, 0.25) is 0 Å². The van der Waals surface area contributed by atoms with Gasteiger partial charge in [-0.25, -0.2) is 9.98 Å². The maximum Gasteiger partial charge on any atom is 0.149 e. The highest BCUT2D eigenvalue weighted by atomic mass is 15.3. The fraction of sp³-hybridized carbons (Fsp3) is 0.333. The van der Waals surface area contributed by atoms with E-state index in [-0.39, 0.29) is 6.17 Å². The maximum atomic E-state index is 6.47. The summed E-state index contributed by atoms with van der Waals surface area (Å²) in [7, 11) is 4.35. The van der Waals surface area contributed by atoms with E-state index in [1.54, 1.807) is 0 Å². The average molecular weight is 479 g/mol. The van der Waals surface area contributed by atoms with Crippen LogP contribution < -0.4 is 11.1 Å². The number of pyridine rings is 1. The van der Waals surface area contributed by atoms with Gasteiger partial charge in [0.05, 0.1) is 16.9 Å². The molecule has 3 N–H and O–H groups in total. The predicted molar refractivity (Wildman–Crippen MR) is 148 cm³/mol. The Morgan fingerprint density at radius 2 is 1.75 bits per heavy atom. The van der Waals surface area contributed by atoms with E-state index in [1.807, 2.05) is 24.4 Å². The number of hydrogen-bond donors (Lipinski definition) is 2. The molecule has 1 aliphatic carbocycles. The highest BCUT2D eigenvalue weighted by Crippen LogP contribution is 2.39. The standard InChI is InChI=1S/C30H34N6/c1-35(2)19-20-8-10-23(11-9-20)30-34-27(28-29(31)32-16-17-36(28)30)24-13-12-22-14-15-25(33-26(22)18-24)21-6-4-3-5-7-21/h3-7,12-18,20,23,30,34H,8-11,19H2,1-2H3,(H2,31,32). The molecule has 0 saturated heterocycles. The van der Waals surface area contributed by atoms with Gasteiger partial charge in [0, 0.05) is 35.5 Å². The highest BCUT2D eigenvalue weighted by Gasteiger charge is 2.39. The Bertz CT molecular complexity index is 1350. The van der Waals surface area contributed by atoms with Crippen molar-refractivity contribution in [1.82, 2.24) is 20.1 Å². The second-order valence-electron chi connectivity index (χ2n) is 10.5. The quantitative estimate of drug-likeness (QED) is 0.539. The van der Waals surface area contributed by atoms with E-state index in [1.165, 1.54) is 32.2 Å². The molecule has 3 aliphatic rings. The molecule has 6 rings (SSSR count). The van der Waals surface area contributed by atoms with Crippen molar-refractivity contribution in [3.05, 3.63) is 84.3 Å². The molecular weight excluding hydrogens is 444 g/mol. The van der Waals surface area contributed by atoms with Crippen molar-refractivity contribution < 1.29 is 0 Å². The van der Waals surface area contributed by atoms with Crippen LogP contribution in [0.1, 0.15) is 31.2 Å². The predicted octanol–water partition coefficient (Wildman–Crippen LogP) is 5.01. The van der Waals surface area contributed by atoms with Gasteiger partial charge in [0.25, 0.3) is 0 Å². The third kappa shape index (κ3) is 4.26. The molecule has 3 aromatic rings. The fourth-order valence-corrected chi connectivity index (χ4v) is 6.04. The Morgan fingerprint density at radius 1 is 0.972 bits per heavy atom. The lowest BCUT2D eigenvalue weighted by Crippen LogP contribution is -2.44. The van der Waals surface area contributed by atoms with Crippen LogP contribution in [0.15, 0.2) is 83.8 Å². The van der Waals surface area contributed by atoms with Crippen molar-refractivity contribution in [2.24, 2.45) is 22.6 Å². The molecule has 0 spiro atoms. The van der Waals surface area contributed by atoms with Crippen molar-refractivity contribution in [3.63, 3.8) is 0 Å². The number of hydrogen-bond acceptors (Lipinski definition) is 6. The van der Waals surface area contributed by atoms with E-state index in [2.05, 4.69) is 82.9 Å². The maximum absolute atomic E-state index is 6.47. The molecule has 1 fully saturated rings. The van der Waals surface area contributed by atoms with Crippen LogP contribution >= 0.6 is 0 Å². The molecule has 184 valence electrons. The summed E-state index contributed by atoms with van der Waals surface area (Å²) in [5.41, 5.74) is 12.7. The molecule has 1 aromatic heterocycles. The number of rotatable bonds is 5. The molecule has 36 heavy (non-hydrogen) atoms. The van der Waals surface area contributed by atoms with Crippen LogP contribution in [0.5, 0.6) is 0 Å². The third-order valence-electron chi connectivity index (χ3n) is 7.78. The number of aliphatic imine (C=N–C) groups is 1. The summed E-state index contributed by atoms with van der Waals surface area (Å²) < 4.78 is 0. The first kappa shape index (κ1) is 22.8. The molecule has 0 bridgehead atoms. The van der Waals surface area contributed by atoms with Crippen LogP contribution in [-0.4, -0.2) is 47.4 Å². The van der Waals surface area contributed by atoms with E-state index in [9.17, 15) is 0 Å². The number of fused-ring (bicyclic) bond motifs is 2. The van der Waals surface area contributed by atoms with E-state index in [4.69, 9.17) is 10.7 Å². The zero-order chi connectivity index (χ0) is 24.6. The minimum atomic E-state index is 0.194. The Morgan fingerprint density at radius 3 is 2.53 bits per heavy atom. The lowest BCUT2D eigenvalue weighted by atomic mass is 9.80. The SMILES string of the molecule is CN(C)CC1CCC(C2NC(c3ccc4ccc(-c5ccccc5)nc4c3)=C3C(N)=NC=CN32)CC1. The minimum Gasteiger partial charge on any atom is -0.382 e. The van der Waals surface area contributed by atoms with Gasteiger partial charge in [-0.05, 0) is 63.7 Å². The van der Waals surface area contributed by atoms with Crippen LogP contribution in [-0.2, 0) is 0 Å². The summed E-state index contributed by atoms with van der Waals surface area (Å²) in [4.78, 5) is 14.1. The van der Waals surface area contributed by atoms with Crippen LogP contribution in [0.2, 0.25) is 0 Å². The highest BCUT2D eigenvalue weighted by molar-refractivity contribution is 6.05. The average Bonchev–Trinajstić information content (AvgIpc) is 3.30. The van der Waals surface area contributed by atoms with Crippen molar-refractivity contribution in [2.75, 3.05) is 20.6 Å². The van der Waals surface area contributed by atoms with Gasteiger partial charge in [-0.1, -0.05) is 48.5 Å². The minimum absolute atomic E-state index is 0.194. The van der Waals surface area contributed by atoms with Crippen LogP contribution in [0.3, 0.4) is 0 Å². The van der Waals surface area contributed by atoms with Crippen LogP contribution in [0, 0.1) is 11.8 Å². The first-order valence-electron chi connectivity index (χ1n) is 13.0. The lowest BCUT2D eigenvalue weighted by molar-refractivity contribution is 0.154. The number of amidine groups is 1. The lowest BCUT2D eigenvalue weighted by Gasteiger charge is -2.37. The summed E-state index contributed by atoms with van der Waals surface area (Å²) >= 11 is 0. The van der Waals surface area contributed by atoms with Crippen LogP contribution in [0.25, 0.3) is 27.9 Å². The molecule has 0 radical (unpaired) electrons. The summed E-state index contributed by atoms with van der Waals surface area (Å²) in [6, 6.07) is 21.1. The number of nitrogens with one attached hydrogen (secondary N) is 1. The molecule has 1 atom stereocenters. The number of nitrogens with two attached hydrogens (primary N) is 1. The molecule has 1 unspecified atom stereocenters. The second kappa shape index (κ2) is 9.43. The Kier molecular flexibility index (Phi) is 5.97. The molecule has 6 nitrogen and oxygen atoms in total. The third-order valence-corrected chi connectivity index (χ3v) is 7.78. The Balaban J connectivity index is 1.31. The summed E-state index contributed by atoms with van der Waals surface area (Å²) in [5.74, 6) is 1.92. The number of aromatic nitrogens is 1. The molecule has 0 amide bonds. The van der Waals surface area contributed by atoms with E-state index >= 15 is 0 Å². The molecule has 2 aliphatic heterocycles. The number of nitrogens with zero attached hydrogens (tertiary/aromatic N) is 4. The van der Waals surface area contributed by atoms with Crippen molar-refractivity contribution in [2.45, 2.75) is 31.8 Å². The van der Waals surface area contributed by atoms with Crippen molar-refractivity contribution in [3.8, 4) is 11.3 Å². The first-order valence-corrected chi connectivity index (χ1v) is 13.0. The Labute approximate surface area is 213 Å². The fourth-order valence-electron chi connectivity index (χ4n) is 6.04. The summed E-state index contributed by atoms with van der Waals surface area (Å²) in [5, 5.41) is 5.00. The summed E-state index contributed by atoms with van der Waals surface area (Å²) in [6.45, 7) is 1.18. The van der Waals surface area contributed by atoms with Crippen molar-refractivity contribution in [1.29, 1.82) is 0 Å².